The zero-order valence-corrected chi connectivity index (χ0v) is 8.72. The molecule has 0 unspecified atom stereocenters. The maximum absolute atomic E-state index is 13.2. The Morgan fingerprint density at radius 3 is 2.67 bits per heavy atom. The molecule has 1 fully saturated rings. The Bertz CT molecular complexity index is 369. The Kier molecular flexibility index (Phi) is 2.32. The van der Waals surface area contributed by atoms with E-state index >= 15 is 0 Å². The maximum Gasteiger partial charge on any atom is 0.275 e. The third kappa shape index (κ3) is 2.40. The van der Waals surface area contributed by atoms with Crippen molar-refractivity contribution in [3.63, 3.8) is 0 Å². The van der Waals surface area contributed by atoms with Gasteiger partial charge in [-0.2, -0.15) is 0 Å². The lowest BCUT2D eigenvalue weighted by molar-refractivity contribution is 0.0175. The van der Waals surface area contributed by atoms with Crippen molar-refractivity contribution in [1.82, 2.24) is 9.97 Å². The molecule has 0 spiro atoms. The second-order valence-corrected chi connectivity index (χ2v) is 3.99. The van der Waals surface area contributed by atoms with E-state index in [4.69, 9.17) is 0 Å². The lowest BCUT2D eigenvalue weighted by Gasteiger charge is -2.15. The number of nitrogens with zero attached hydrogens (tertiary/aromatic N) is 2. The summed E-state index contributed by atoms with van der Waals surface area (Å²) in [6.07, 6.45) is 3.25. The maximum atomic E-state index is 13.2. The number of hydrogen-bond donors (Lipinski definition) is 1. The van der Waals surface area contributed by atoms with Crippen molar-refractivity contribution in [3.05, 3.63) is 17.6 Å². The van der Waals surface area contributed by atoms with Gasteiger partial charge in [0.25, 0.3) is 5.92 Å². The average molecular weight is 213 g/mol. The number of nitrogens with one attached hydrogen (secondary N) is 1. The number of alkyl halides is 2. The van der Waals surface area contributed by atoms with E-state index < -0.39 is 5.92 Å². The molecular formula is C10H13F2N3. The van der Waals surface area contributed by atoms with Gasteiger partial charge in [0.05, 0.1) is 5.56 Å². The predicted molar refractivity (Wildman–Crippen MR) is 53.0 cm³/mol. The van der Waals surface area contributed by atoms with Crippen molar-refractivity contribution in [2.75, 3.05) is 5.32 Å². The molecule has 1 aliphatic rings. The van der Waals surface area contributed by atoms with Crippen LogP contribution in [0.5, 0.6) is 0 Å². The van der Waals surface area contributed by atoms with Crippen molar-refractivity contribution in [2.24, 2.45) is 0 Å². The highest BCUT2D eigenvalue weighted by atomic mass is 19.3. The fourth-order valence-corrected chi connectivity index (χ4v) is 1.32. The molecule has 1 aliphatic carbocycles. The highest BCUT2D eigenvalue weighted by Gasteiger charge is 2.31. The number of hydrogen-bond acceptors (Lipinski definition) is 3. The SMILES string of the molecule is Cc1ncc(C(C)(F)F)c(NC2CC2)n1. The molecule has 1 saturated carbocycles. The third-order valence-corrected chi connectivity index (χ3v) is 2.30. The lowest BCUT2D eigenvalue weighted by Crippen LogP contribution is -2.15. The average Bonchev–Trinajstić information content (AvgIpc) is 2.85. The van der Waals surface area contributed by atoms with E-state index in [-0.39, 0.29) is 11.4 Å². The predicted octanol–water partition coefficient (Wildman–Crippen LogP) is 2.47. The van der Waals surface area contributed by atoms with E-state index in [9.17, 15) is 8.78 Å². The zero-order chi connectivity index (χ0) is 11.1. The molecule has 1 N–H and O–H groups in total. The highest BCUT2D eigenvalue weighted by Crippen LogP contribution is 2.33. The fraction of sp³-hybridized carbons (Fsp3) is 0.600. The Morgan fingerprint density at radius 1 is 1.47 bits per heavy atom. The summed E-state index contributed by atoms with van der Waals surface area (Å²) in [7, 11) is 0. The van der Waals surface area contributed by atoms with Crippen LogP contribution in [0.3, 0.4) is 0 Å². The van der Waals surface area contributed by atoms with Gasteiger partial charge in [0.1, 0.15) is 11.6 Å². The molecule has 0 saturated heterocycles. The summed E-state index contributed by atoms with van der Waals surface area (Å²) in [4.78, 5) is 7.82. The molecule has 15 heavy (non-hydrogen) atoms. The van der Waals surface area contributed by atoms with E-state index in [0.717, 1.165) is 19.8 Å². The Balaban J connectivity index is 2.34. The molecule has 0 amide bonds. The molecule has 5 heteroatoms. The first-order valence-electron chi connectivity index (χ1n) is 4.95. The van der Waals surface area contributed by atoms with Crippen LogP contribution in [0.1, 0.15) is 31.2 Å². The Morgan fingerprint density at radius 2 is 2.13 bits per heavy atom. The van der Waals surface area contributed by atoms with E-state index in [0.29, 0.717) is 11.9 Å². The van der Waals surface area contributed by atoms with Gasteiger partial charge in [0.2, 0.25) is 0 Å². The van der Waals surface area contributed by atoms with E-state index in [1.807, 2.05) is 0 Å². The van der Waals surface area contributed by atoms with E-state index in [2.05, 4.69) is 15.3 Å². The van der Waals surface area contributed by atoms with Crippen molar-refractivity contribution < 1.29 is 8.78 Å². The first-order chi connectivity index (χ1) is 6.97. The monoisotopic (exact) mass is 213 g/mol. The van der Waals surface area contributed by atoms with Gasteiger partial charge >= 0.3 is 0 Å². The van der Waals surface area contributed by atoms with Crippen LogP contribution < -0.4 is 5.32 Å². The summed E-state index contributed by atoms with van der Waals surface area (Å²) in [6.45, 7) is 2.55. The number of halogens is 2. The Hall–Kier alpha value is -1.26. The van der Waals surface area contributed by atoms with Crippen molar-refractivity contribution in [3.8, 4) is 0 Å². The summed E-state index contributed by atoms with van der Waals surface area (Å²) >= 11 is 0. The summed E-state index contributed by atoms with van der Waals surface area (Å²) in [5, 5.41) is 3.00. The molecule has 0 radical (unpaired) electrons. The number of aryl methyl sites for hydroxylation is 1. The number of rotatable bonds is 3. The van der Waals surface area contributed by atoms with Crippen molar-refractivity contribution in [2.45, 2.75) is 38.7 Å². The van der Waals surface area contributed by atoms with Crippen LogP contribution in [-0.2, 0) is 5.92 Å². The number of aromatic nitrogens is 2. The van der Waals surface area contributed by atoms with Crippen LogP contribution in [0.25, 0.3) is 0 Å². The summed E-state index contributed by atoms with van der Waals surface area (Å²) < 4.78 is 26.4. The largest absolute Gasteiger partial charge is 0.367 e. The molecule has 3 nitrogen and oxygen atoms in total. The third-order valence-electron chi connectivity index (χ3n) is 2.30. The highest BCUT2D eigenvalue weighted by molar-refractivity contribution is 5.47. The van der Waals surface area contributed by atoms with Crippen molar-refractivity contribution in [1.29, 1.82) is 0 Å². The minimum Gasteiger partial charge on any atom is -0.367 e. The summed E-state index contributed by atoms with van der Waals surface area (Å²) in [5.74, 6) is -2.12. The quantitative estimate of drug-likeness (QED) is 0.838. The molecule has 1 aromatic rings. The van der Waals surface area contributed by atoms with Crippen LogP contribution in [0.15, 0.2) is 6.20 Å². The molecule has 82 valence electrons. The molecule has 1 aromatic heterocycles. The van der Waals surface area contributed by atoms with Gasteiger partial charge in [0, 0.05) is 19.2 Å². The van der Waals surface area contributed by atoms with E-state index in [1.165, 1.54) is 6.20 Å². The van der Waals surface area contributed by atoms with E-state index in [1.54, 1.807) is 6.92 Å². The Labute approximate surface area is 86.9 Å². The van der Waals surface area contributed by atoms with Gasteiger partial charge in [-0.15, -0.1) is 0 Å². The minimum atomic E-state index is -2.90. The van der Waals surface area contributed by atoms with Crippen LogP contribution in [-0.4, -0.2) is 16.0 Å². The smallest absolute Gasteiger partial charge is 0.275 e. The molecule has 0 aromatic carbocycles. The standard InChI is InChI=1S/C10H13F2N3/c1-6-13-5-8(10(2,11)12)9(14-6)15-7-3-4-7/h5,7H,3-4H2,1-2H3,(H,13,14,15). The first kappa shape index (κ1) is 10.3. The molecular weight excluding hydrogens is 200 g/mol. The van der Waals surface area contributed by atoms with Gasteiger partial charge in [-0.3, -0.25) is 0 Å². The van der Waals surface area contributed by atoms with Crippen LogP contribution in [0.4, 0.5) is 14.6 Å². The van der Waals surface area contributed by atoms with Gasteiger partial charge in [-0.1, -0.05) is 0 Å². The second-order valence-electron chi connectivity index (χ2n) is 3.99. The lowest BCUT2D eigenvalue weighted by atomic mass is 10.2. The second kappa shape index (κ2) is 3.40. The minimum absolute atomic E-state index is 0.125. The van der Waals surface area contributed by atoms with Gasteiger partial charge in [0.15, 0.2) is 0 Å². The normalized spacial score (nSPS) is 16.5. The topological polar surface area (TPSA) is 37.8 Å². The molecule has 0 aliphatic heterocycles. The number of anilines is 1. The zero-order valence-electron chi connectivity index (χ0n) is 8.72. The van der Waals surface area contributed by atoms with Crippen LogP contribution in [0.2, 0.25) is 0 Å². The van der Waals surface area contributed by atoms with Gasteiger partial charge in [-0.05, 0) is 19.8 Å². The van der Waals surface area contributed by atoms with Crippen molar-refractivity contribution >= 4 is 5.82 Å². The molecule has 2 rings (SSSR count). The summed E-state index contributed by atoms with van der Waals surface area (Å²) in [6, 6.07) is 0.306. The van der Waals surface area contributed by atoms with Gasteiger partial charge < -0.3 is 5.32 Å². The molecule has 0 bridgehead atoms. The summed E-state index contributed by atoms with van der Waals surface area (Å²) in [5.41, 5.74) is -0.125. The first-order valence-corrected chi connectivity index (χ1v) is 4.95. The van der Waals surface area contributed by atoms with Crippen LogP contribution in [0, 0.1) is 6.92 Å². The molecule has 1 heterocycles. The van der Waals surface area contributed by atoms with Crippen LogP contribution >= 0.6 is 0 Å². The van der Waals surface area contributed by atoms with Gasteiger partial charge in [-0.25, -0.2) is 18.7 Å². The molecule has 0 atom stereocenters. The fourth-order valence-electron chi connectivity index (χ4n) is 1.32.